The number of carboxylic acid groups (broad SMARTS) is 1. The molecule has 4 bridgehead atoms. The molecule has 0 amide bonds. The largest absolute Gasteiger partial charge is 0.481 e. The maximum absolute atomic E-state index is 11.3. The zero-order valence-corrected chi connectivity index (χ0v) is 7.83. The Morgan fingerprint density at radius 2 is 1.36 bits per heavy atom. The number of carbonyl (C=O) groups is 1. The third-order valence-corrected chi connectivity index (χ3v) is 4.49. The third kappa shape index (κ3) is 1.19. The lowest BCUT2D eigenvalue weighted by atomic mass is 9.49. The van der Waals surface area contributed by atoms with Crippen LogP contribution in [0.2, 0.25) is 0 Å². The molecule has 1 N–H and O–H groups in total. The minimum atomic E-state index is -0.508. The van der Waals surface area contributed by atoms with Crippen molar-refractivity contribution in [2.45, 2.75) is 46.0 Å². The summed E-state index contributed by atoms with van der Waals surface area (Å²) in [6.07, 6.45) is 6.92. The second-order valence-electron chi connectivity index (χ2n) is 5.50. The summed E-state index contributed by atoms with van der Waals surface area (Å²) < 4.78 is 0. The average Bonchev–Trinajstić information content (AvgIpc) is 2.00. The van der Waals surface area contributed by atoms with Crippen molar-refractivity contribution in [3.05, 3.63) is 0 Å². The zero-order chi connectivity index (χ0) is 9.05. The van der Waals surface area contributed by atoms with Crippen LogP contribution in [0.3, 0.4) is 0 Å². The molecule has 2 heteroatoms. The van der Waals surface area contributed by atoms with Crippen LogP contribution in [0.1, 0.15) is 46.0 Å². The number of hydrogen-bond acceptors (Lipinski definition) is 1. The van der Waals surface area contributed by atoms with Crippen LogP contribution in [0.25, 0.3) is 0 Å². The Bertz CT molecular complexity index is 222. The number of carboxylic acids is 1. The number of rotatable bonds is 1. The summed E-state index contributed by atoms with van der Waals surface area (Å²) in [5.41, 5.74) is -0.283. The van der Waals surface area contributed by atoms with Crippen LogP contribution in [0.4, 0.5) is 0 Å². The summed E-state index contributed by atoms with van der Waals surface area (Å²) in [6, 6.07) is 0. The summed E-state index contributed by atoms with van der Waals surface area (Å²) in [5, 5.41) is 9.28. The standard InChI is InChI=1S/C11H16O2.CH4/c12-10(13)11-4-7-1-8(5-11)3-9(2-7)6-11;/h7-9H,1-6H2,(H,12,13);1H4. The lowest BCUT2D eigenvalue weighted by Gasteiger charge is -2.54. The van der Waals surface area contributed by atoms with E-state index < -0.39 is 5.97 Å². The smallest absolute Gasteiger partial charge is 0.309 e. The molecule has 80 valence electrons. The SMILES string of the molecule is C.O=C(O)C12CC3CC(CC(C3)C1)C2. The Hall–Kier alpha value is -0.530. The van der Waals surface area contributed by atoms with E-state index in [1.165, 1.54) is 19.3 Å². The van der Waals surface area contributed by atoms with Crippen LogP contribution in [0, 0.1) is 23.2 Å². The maximum atomic E-state index is 11.3. The van der Waals surface area contributed by atoms with Gasteiger partial charge in [0.2, 0.25) is 0 Å². The van der Waals surface area contributed by atoms with Gasteiger partial charge in [-0.15, -0.1) is 0 Å². The van der Waals surface area contributed by atoms with Gasteiger partial charge in [0, 0.05) is 0 Å². The van der Waals surface area contributed by atoms with Crippen molar-refractivity contribution in [3.8, 4) is 0 Å². The second kappa shape index (κ2) is 2.98. The van der Waals surface area contributed by atoms with Crippen LogP contribution in [-0.2, 0) is 4.79 Å². The van der Waals surface area contributed by atoms with E-state index in [1.807, 2.05) is 0 Å². The molecule has 0 heterocycles. The van der Waals surface area contributed by atoms with Gasteiger partial charge in [-0.05, 0) is 56.3 Å². The van der Waals surface area contributed by atoms with E-state index in [0.717, 1.165) is 37.0 Å². The van der Waals surface area contributed by atoms with E-state index in [4.69, 9.17) is 0 Å². The highest BCUT2D eigenvalue weighted by Crippen LogP contribution is 2.59. The van der Waals surface area contributed by atoms with Gasteiger partial charge in [0.25, 0.3) is 0 Å². The van der Waals surface area contributed by atoms with E-state index in [0.29, 0.717) is 0 Å². The molecule has 0 aromatic carbocycles. The highest BCUT2D eigenvalue weighted by atomic mass is 16.4. The Labute approximate surface area is 85.7 Å². The van der Waals surface area contributed by atoms with Crippen LogP contribution >= 0.6 is 0 Å². The Kier molecular flexibility index (Phi) is 2.13. The molecule has 0 saturated heterocycles. The highest BCUT2D eigenvalue weighted by Gasteiger charge is 2.54. The summed E-state index contributed by atoms with van der Waals surface area (Å²) in [7, 11) is 0. The molecule has 0 atom stereocenters. The summed E-state index contributed by atoms with van der Waals surface area (Å²) in [6.45, 7) is 0. The van der Waals surface area contributed by atoms with Gasteiger partial charge < -0.3 is 5.11 Å². The van der Waals surface area contributed by atoms with Crippen molar-refractivity contribution in [1.29, 1.82) is 0 Å². The van der Waals surface area contributed by atoms with Crippen LogP contribution in [-0.4, -0.2) is 11.1 Å². The fourth-order valence-electron chi connectivity index (χ4n) is 4.37. The molecule has 4 rings (SSSR count). The van der Waals surface area contributed by atoms with Gasteiger partial charge in [0.1, 0.15) is 0 Å². The lowest BCUT2D eigenvalue weighted by Crippen LogP contribution is -2.49. The molecule has 0 unspecified atom stereocenters. The van der Waals surface area contributed by atoms with Gasteiger partial charge in [-0.2, -0.15) is 0 Å². The average molecular weight is 196 g/mol. The van der Waals surface area contributed by atoms with Crippen molar-refractivity contribution < 1.29 is 9.90 Å². The van der Waals surface area contributed by atoms with E-state index in [-0.39, 0.29) is 12.8 Å². The first-order chi connectivity index (χ1) is 6.18. The molecule has 0 spiro atoms. The quantitative estimate of drug-likeness (QED) is 0.700. The Morgan fingerprint density at radius 3 is 1.64 bits per heavy atom. The minimum absolute atomic E-state index is 0. The van der Waals surface area contributed by atoms with Crippen molar-refractivity contribution in [3.63, 3.8) is 0 Å². The van der Waals surface area contributed by atoms with E-state index in [1.54, 1.807) is 0 Å². The van der Waals surface area contributed by atoms with Crippen LogP contribution < -0.4 is 0 Å². The van der Waals surface area contributed by atoms with Crippen molar-refractivity contribution in [2.75, 3.05) is 0 Å². The predicted octanol–water partition coefficient (Wildman–Crippen LogP) is 2.92. The molecule has 4 aliphatic rings. The first-order valence-corrected chi connectivity index (χ1v) is 5.41. The van der Waals surface area contributed by atoms with Gasteiger partial charge in [-0.25, -0.2) is 0 Å². The van der Waals surface area contributed by atoms with Crippen molar-refractivity contribution in [1.82, 2.24) is 0 Å². The second-order valence-corrected chi connectivity index (χ2v) is 5.50. The van der Waals surface area contributed by atoms with E-state index in [9.17, 15) is 9.90 Å². The van der Waals surface area contributed by atoms with Crippen molar-refractivity contribution >= 4 is 5.97 Å². The Balaban J connectivity index is 0.000000750. The van der Waals surface area contributed by atoms with E-state index >= 15 is 0 Å². The van der Waals surface area contributed by atoms with E-state index in [2.05, 4.69) is 0 Å². The molecule has 0 aromatic rings. The molecule has 0 radical (unpaired) electrons. The fraction of sp³-hybridized carbons (Fsp3) is 0.917. The summed E-state index contributed by atoms with van der Waals surface area (Å²) in [5.74, 6) is 1.75. The van der Waals surface area contributed by atoms with Crippen LogP contribution in [0.5, 0.6) is 0 Å². The van der Waals surface area contributed by atoms with Gasteiger partial charge in [-0.1, -0.05) is 7.43 Å². The predicted molar refractivity (Wildman–Crippen MR) is 55.0 cm³/mol. The highest BCUT2D eigenvalue weighted by molar-refractivity contribution is 5.75. The minimum Gasteiger partial charge on any atom is -0.481 e. The van der Waals surface area contributed by atoms with Crippen molar-refractivity contribution in [2.24, 2.45) is 23.2 Å². The molecule has 4 fully saturated rings. The molecule has 0 aromatic heterocycles. The summed E-state index contributed by atoms with van der Waals surface area (Å²) in [4.78, 5) is 11.3. The third-order valence-electron chi connectivity index (χ3n) is 4.49. The molecular formula is C12H20O2. The van der Waals surface area contributed by atoms with Gasteiger partial charge >= 0.3 is 5.97 Å². The molecule has 0 aliphatic heterocycles. The number of aliphatic carboxylic acids is 1. The topological polar surface area (TPSA) is 37.3 Å². The lowest BCUT2D eigenvalue weighted by molar-refractivity contribution is -0.164. The Morgan fingerprint density at radius 1 is 1.00 bits per heavy atom. The molecule has 2 nitrogen and oxygen atoms in total. The summed E-state index contributed by atoms with van der Waals surface area (Å²) >= 11 is 0. The first-order valence-electron chi connectivity index (χ1n) is 5.41. The van der Waals surface area contributed by atoms with Gasteiger partial charge in [0.15, 0.2) is 0 Å². The molecule has 14 heavy (non-hydrogen) atoms. The van der Waals surface area contributed by atoms with Gasteiger partial charge in [0.05, 0.1) is 5.41 Å². The molecule has 4 aliphatic carbocycles. The van der Waals surface area contributed by atoms with Crippen LogP contribution in [0.15, 0.2) is 0 Å². The number of hydrogen-bond donors (Lipinski definition) is 1. The fourth-order valence-corrected chi connectivity index (χ4v) is 4.37. The normalized spacial score (nSPS) is 48.7. The van der Waals surface area contributed by atoms with Gasteiger partial charge in [-0.3, -0.25) is 4.79 Å². The monoisotopic (exact) mass is 196 g/mol. The molecular weight excluding hydrogens is 176 g/mol. The first kappa shape index (κ1) is 10.0. The zero-order valence-electron chi connectivity index (χ0n) is 7.83. The maximum Gasteiger partial charge on any atom is 0.309 e. The molecule has 4 saturated carbocycles.